The molecule has 14 heteroatoms. The molecule has 0 saturated heterocycles. The fourth-order valence-corrected chi connectivity index (χ4v) is 1.60. The van der Waals surface area contributed by atoms with Gasteiger partial charge in [0.1, 0.15) is 0 Å². The van der Waals surface area contributed by atoms with Crippen molar-refractivity contribution >= 4 is 15.6 Å². The molecule has 0 aromatic carbocycles. The van der Waals surface area contributed by atoms with Gasteiger partial charge in [-0.05, 0) is 27.7 Å². The Bertz CT molecular complexity index is 247. The number of hydrogen-bond acceptors (Lipinski definition) is 6. The first kappa shape index (κ1) is 38.8. The second-order valence-electron chi connectivity index (χ2n) is 3.25. The topological polar surface area (TPSA) is 202 Å². The normalized spacial score (nSPS) is 10.1. The van der Waals surface area contributed by atoms with Gasteiger partial charge in [0.15, 0.2) is 0 Å². The van der Waals surface area contributed by atoms with Crippen LogP contribution in [-0.2, 0) is 18.2 Å². The minimum absolute atomic E-state index is 0. The average molecular weight is 392 g/mol. The molecule has 0 fully saturated rings. The van der Waals surface area contributed by atoms with Gasteiger partial charge in [-0.25, -0.2) is 4.57 Å². The van der Waals surface area contributed by atoms with E-state index in [1.165, 1.54) is 13.8 Å². The molecule has 0 aliphatic carbocycles. The van der Waals surface area contributed by atoms with E-state index in [2.05, 4.69) is 9.05 Å². The Kier molecular flexibility index (Phi) is 36.4. The third-order valence-electron chi connectivity index (χ3n) is 0.688. The minimum atomic E-state index is -4.72. The maximum absolute atomic E-state index is 9.91. The molecule has 0 radical (unpaired) electrons. The van der Waals surface area contributed by atoms with Crippen molar-refractivity contribution in [3.05, 3.63) is 0 Å². The van der Waals surface area contributed by atoms with Gasteiger partial charge in [-0.3, -0.25) is 4.52 Å². The third-order valence-corrected chi connectivity index (χ3v) is 2.06. The summed E-state index contributed by atoms with van der Waals surface area (Å²) in [4.78, 5) is 35.5. The second kappa shape index (κ2) is 18.7. The summed E-state index contributed by atoms with van der Waals surface area (Å²) in [6.45, 7) is 6.06. The van der Waals surface area contributed by atoms with Crippen LogP contribution in [0.5, 0.6) is 0 Å². The van der Waals surface area contributed by atoms with Crippen LogP contribution >= 0.6 is 15.6 Å². The van der Waals surface area contributed by atoms with E-state index in [-0.39, 0.29) is 114 Å². The zero-order chi connectivity index (χ0) is 13.6. The second-order valence-corrected chi connectivity index (χ2v) is 5.54. The molecule has 6 N–H and O–H groups in total. The maximum atomic E-state index is 9.91. The predicted molar refractivity (Wildman–Crippen MR) is 59.3 cm³/mol. The zero-order valence-corrected chi connectivity index (χ0v) is 20.4. The Morgan fingerprint density at radius 3 is 1.10 bits per heavy atom. The molecule has 0 saturated carbocycles. The molecular formula is C6H20K2O10P2. The van der Waals surface area contributed by atoms with Crippen molar-refractivity contribution in [1.82, 2.24) is 0 Å². The Hall–Kier alpha value is 3.41. The van der Waals surface area contributed by atoms with Gasteiger partial charge in [-0.2, -0.15) is 0 Å². The van der Waals surface area contributed by atoms with Crippen LogP contribution in [0.4, 0.5) is 0 Å². The molecule has 0 aliphatic rings. The first-order valence-electron chi connectivity index (χ1n) is 4.28. The van der Waals surface area contributed by atoms with Crippen molar-refractivity contribution in [3.63, 3.8) is 0 Å². The molecule has 10 nitrogen and oxygen atoms in total. The van der Waals surface area contributed by atoms with E-state index in [4.69, 9.17) is 9.79 Å². The summed E-state index contributed by atoms with van der Waals surface area (Å²) in [6, 6.07) is 0. The Morgan fingerprint density at radius 1 is 0.850 bits per heavy atom. The molecule has 0 aromatic rings. The van der Waals surface area contributed by atoms with Crippen LogP contribution in [0, 0.1) is 0 Å². The molecule has 116 valence electrons. The van der Waals surface area contributed by atoms with Gasteiger partial charge < -0.3 is 39.6 Å². The number of phosphoric acid groups is 2. The first-order valence-corrected chi connectivity index (χ1v) is 7.27. The van der Waals surface area contributed by atoms with E-state index < -0.39 is 27.9 Å². The van der Waals surface area contributed by atoms with Gasteiger partial charge in [0, 0.05) is 0 Å². The summed E-state index contributed by atoms with van der Waals surface area (Å²) in [5, 5.41) is 0. The number of rotatable bonds is 4. The molecule has 20 heavy (non-hydrogen) atoms. The van der Waals surface area contributed by atoms with Crippen molar-refractivity contribution in [2.75, 3.05) is 0 Å². The number of phosphoric ester groups is 2. The smallest absolute Gasteiger partial charge is 0.790 e. The number of hydrogen-bond donors (Lipinski definition) is 2. The van der Waals surface area contributed by atoms with Gasteiger partial charge >= 0.3 is 111 Å². The molecule has 0 spiro atoms. The van der Waals surface area contributed by atoms with Crippen molar-refractivity contribution in [2.24, 2.45) is 0 Å². The summed E-state index contributed by atoms with van der Waals surface area (Å²) in [6.07, 6.45) is -0.966. The standard InChI is InChI=1S/2C3H9O4P.2K.2H2O/c2*1-3(2)7-8(4,5)6;;;;/h2*3H,1-2H3,(H2,4,5,6);;;2*1H2/q;;2*+1;;/p-2. The van der Waals surface area contributed by atoms with Crippen LogP contribution in [-0.4, -0.2) is 32.9 Å². The fourth-order valence-electron chi connectivity index (χ4n) is 0.533. The molecular weight excluding hydrogens is 372 g/mol. The summed E-state index contributed by atoms with van der Waals surface area (Å²) in [5.41, 5.74) is 0. The monoisotopic (exact) mass is 392 g/mol. The molecule has 0 heterocycles. The first-order chi connectivity index (χ1) is 6.83. The summed E-state index contributed by atoms with van der Waals surface area (Å²) < 4.78 is 27.6. The molecule has 0 amide bonds. The SMILES string of the molecule is CC(C)OP(=O)(O)O.CC(C)OP(=O)([O-])[O-].O.O.[K+].[K+]. The summed E-state index contributed by atoms with van der Waals surface area (Å²) >= 11 is 0. The van der Waals surface area contributed by atoms with Gasteiger partial charge in [0.05, 0.1) is 20.0 Å². The van der Waals surface area contributed by atoms with E-state index in [9.17, 15) is 18.9 Å². The van der Waals surface area contributed by atoms with E-state index >= 15 is 0 Å². The molecule has 0 unspecified atom stereocenters. The molecule has 0 bridgehead atoms. The molecule has 0 rings (SSSR count). The minimum Gasteiger partial charge on any atom is -0.790 e. The van der Waals surface area contributed by atoms with Crippen LogP contribution in [0.1, 0.15) is 27.7 Å². The quantitative estimate of drug-likeness (QED) is 0.346. The Balaban J connectivity index is -0.0000000408. The van der Waals surface area contributed by atoms with Crippen LogP contribution in [0.15, 0.2) is 0 Å². The van der Waals surface area contributed by atoms with Crippen molar-refractivity contribution in [3.8, 4) is 0 Å². The van der Waals surface area contributed by atoms with E-state index in [1.807, 2.05) is 0 Å². The molecule has 0 atom stereocenters. The fraction of sp³-hybridized carbons (Fsp3) is 1.00. The van der Waals surface area contributed by atoms with Crippen LogP contribution in [0.2, 0.25) is 0 Å². The third kappa shape index (κ3) is 49.6. The predicted octanol–water partition coefficient (Wildman–Crippen LogP) is -7.90. The van der Waals surface area contributed by atoms with Gasteiger partial charge in [-0.15, -0.1) is 0 Å². The zero-order valence-electron chi connectivity index (χ0n) is 12.4. The van der Waals surface area contributed by atoms with Crippen molar-refractivity contribution in [2.45, 2.75) is 39.9 Å². The van der Waals surface area contributed by atoms with Crippen LogP contribution < -0.4 is 113 Å². The van der Waals surface area contributed by atoms with E-state index in [0.29, 0.717) is 0 Å². The Morgan fingerprint density at radius 2 is 1.10 bits per heavy atom. The largest absolute Gasteiger partial charge is 1.00 e. The summed E-state index contributed by atoms with van der Waals surface area (Å²) in [5.74, 6) is 0. The molecule has 0 aliphatic heterocycles. The average Bonchev–Trinajstić information content (AvgIpc) is 1.72. The van der Waals surface area contributed by atoms with Crippen molar-refractivity contribution < 1.29 is 151 Å². The van der Waals surface area contributed by atoms with E-state index in [1.54, 1.807) is 13.8 Å². The van der Waals surface area contributed by atoms with Crippen molar-refractivity contribution in [1.29, 1.82) is 0 Å². The Labute approximate surface area is 203 Å². The van der Waals surface area contributed by atoms with E-state index in [0.717, 1.165) is 0 Å². The van der Waals surface area contributed by atoms with Gasteiger partial charge in [0.25, 0.3) is 0 Å². The van der Waals surface area contributed by atoms with Gasteiger partial charge in [0.2, 0.25) is 0 Å². The van der Waals surface area contributed by atoms with Crippen LogP contribution in [0.25, 0.3) is 0 Å². The summed E-state index contributed by atoms with van der Waals surface area (Å²) in [7, 11) is -8.94. The van der Waals surface area contributed by atoms with Crippen LogP contribution in [0.3, 0.4) is 0 Å². The van der Waals surface area contributed by atoms with Gasteiger partial charge in [-0.1, -0.05) is 0 Å². The maximum Gasteiger partial charge on any atom is 1.00 e. The molecule has 0 aromatic heterocycles.